The highest BCUT2D eigenvalue weighted by Crippen LogP contribution is 2.35. The van der Waals surface area contributed by atoms with E-state index < -0.39 is 10.0 Å². The maximum Gasteiger partial charge on any atom is 0.215 e. The first kappa shape index (κ1) is 12.3. The standard InChI is InChI=1S/C11H22N2O2S/c1-9(10-3-4-10)13(2)16(14,15)8-7-12-11-5-6-11/h9-12H,3-8H2,1-2H3. The lowest BCUT2D eigenvalue weighted by Gasteiger charge is -2.24. The first-order valence-corrected chi connectivity index (χ1v) is 7.81. The van der Waals surface area contributed by atoms with Gasteiger partial charge in [0, 0.05) is 25.7 Å². The molecule has 0 saturated heterocycles. The average Bonchev–Trinajstić information content (AvgIpc) is 3.06. The molecule has 2 fully saturated rings. The third kappa shape index (κ3) is 3.18. The van der Waals surface area contributed by atoms with Gasteiger partial charge in [-0.05, 0) is 38.5 Å². The molecule has 2 aliphatic rings. The van der Waals surface area contributed by atoms with E-state index in [1.807, 2.05) is 6.92 Å². The molecule has 0 aromatic carbocycles. The Hall–Kier alpha value is -0.130. The first-order chi connectivity index (χ1) is 7.50. The summed E-state index contributed by atoms with van der Waals surface area (Å²) in [6.45, 7) is 2.61. The second kappa shape index (κ2) is 4.63. The number of nitrogens with one attached hydrogen (secondary N) is 1. The number of nitrogens with zero attached hydrogens (tertiary/aromatic N) is 1. The molecule has 2 rings (SSSR count). The van der Waals surface area contributed by atoms with E-state index in [1.54, 1.807) is 11.4 Å². The maximum absolute atomic E-state index is 12.0. The van der Waals surface area contributed by atoms with Gasteiger partial charge in [-0.1, -0.05) is 0 Å². The SMILES string of the molecule is CC(C1CC1)N(C)S(=O)(=O)CCNC1CC1. The van der Waals surface area contributed by atoms with Gasteiger partial charge in [-0.25, -0.2) is 12.7 Å². The molecule has 0 bridgehead atoms. The summed E-state index contributed by atoms with van der Waals surface area (Å²) in [5.74, 6) is 0.827. The third-order valence-electron chi connectivity index (χ3n) is 3.69. The van der Waals surface area contributed by atoms with E-state index in [-0.39, 0.29) is 11.8 Å². The molecule has 1 N–H and O–H groups in total. The molecule has 1 unspecified atom stereocenters. The first-order valence-electron chi connectivity index (χ1n) is 6.20. The molecular formula is C11H22N2O2S. The molecule has 0 heterocycles. The van der Waals surface area contributed by atoms with Crippen molar-refractivity contribution < 1.29 is 8.42 Å². The second-order valence-electron chi connectivity index (χ2n) is 5.14. The van der Waals surface area contributed by atoms with Gasteiger partial charge in [0.05, 0.1) is 5.75 Å². The Labute approximate surface area is 98.4 Å². The summed E-state index contributed by atoms with van der Waals surface area (Å²) < 4.78 is 25.6. The molecule has 2 saturated carbocycles. The van der Waals surface area contributed by atoms with Gasteiger partial charge >= 0.3 is 0 Å². The van der Waals surface area contributed by atoms with E-state index in [1.165, 1.54) is 25.7 Å². The predicted molar refractivity (Wildman–Crippen MR) is 64.8 cm³/mol. The zero-order valence-corrected chi connectivity index (χ0v) is 11.0. The highest BCUT2D eigenvalue weighted by molar-refractivity contribution is 7.89. The molecule has 0 amide bonds. The maximum atomic E-state index is 12.0. The van der Waals surface area contributed by atoms with Crippen molar-refractivity contribution >= 4 is 10.0 Å². The van der Waals surface area contributed by atoms with Crippen molar-refractivity contribution in [3.05, 3.63) is 0 Å². The lowest BCUT2D eigenvalue weighted by Crippen LogP contribution is -2.40. The molecule has 5 heteroatoms. The van der Waals surface area contributed by atoms with E-state index in [9.17, 15) is 8.42 Å². The van der Waals surface area contributed by atoms with E-state index >= 15 is 0 Å². The van der Waals surface area contributed by atoms with Gasteiger partial charge in [-0.2, -0.15) is 0 Å². The lowest BCUT2D eigenvalue weighted by atomic mass is 10.2. The van der Waals surface area contributed by atoms with Gasteiger partial charge in [-0.15, -0.1) is 0 Å². The summed E-state index contributed by atoms with van der Waals surface area (Å²) in [5.41, 5.74) is 0. The van der Waals surface area contributed by atoms with Crippen LogP contribution in [-0.2, 0) is 10.0 Å². The van der Waals surface area contributed by atoms with Crippen molar-refractivity contribution in [2.75, 3.05) is 19.3 Å². The highest BCUT2D eigenvalue weighted by atomic mass is 32.2. The van der Waals surface area contributed by atoms with Crippen molar-refractivity contribution in [2.45, 2.75) is 44.7 Å². The van der Waals surface area contributed by atoms with Crippen LogP contribution in [0.4, 0.5) is 0 Å². The minimum absolute atomic E-state index is 0.172. The molecule has 0 spiro atoms. The lowest BCUT2D eigenvalue weighted by molar-refractivity contribution is 0.356. The molecule has 16 heavy (non-hydrogen) atoms. The summed E-state index contributed by atoms with van der Waals surface area (Å²) >= 11 is 0. The van der Waals surface area contributed by atoms with Gasteiger partial charge in [0.25, 0.3) is 0 Å². The summed E-state index contributed by atoms with van der Waals surface area (Å²) in [4.78, 5) is 0. The zero-order chi connectivity index (χ0) is 11.8. The van der Waals surface area contributed by atoms with Crippen LogP contribution in [0.2, 0.25) is 0 Å². The van der Waals surface area contributed by atoms with Crippen LogP contribution in [-0.4, -0.2) is 44.2 Å². The summed E-state index contributed by atoms with van der Waals surface area (Å²) in [7, 11) is -1.34. The van der Waals surface area contributed by atoms with E-state index in [0.29, 0.717) is 18.5 Å². The fraction of sp³-hybridized carbons (Fsp3) is 1.00. The fourth-order valence-electron chi connectivity index (χ4n) is 1.95. The number of rotatable bonds is 7. The summed E-state index contributed by atoms with van der Waals surface area (Å²) in [6, 6.07) is 0.757. The molecule has 0 radical (unpaired) electrons. The Kier molecular flexibility index (Phi) is 3.56. The van der Waals surface area contributed by atoms with Gasteiger partial charge < -0.3 is 5.32 Å². The van der Waals surface area contributed by atoms with Crippen molar-refractivity contribution in [1.82, 2.24) is 9.62 Å². The van der Waals surface area contributed by atoms with Crippen LogP contribution in [0.25, 0.3) is 0 Å². The normalized spacial score (nSPS) is 23.7. The topological polar surface area (TPSA) is 49.4 Å². The molecule has 1 atom stereocenters. The minimum Gasteiger partial charge on any atom is -0.313 e. The van der Waals surface area contributed by atoms with E-state index in [4.69, 9.17) is 0 Å². The van der Waals surface area contributed by atoms with Crippen LogP contribution < -0.4 is 5.32 Å². The Balaban J connectivity index is 1.78. The van der Waals surface area contributed by atoms with Crippen LogP contribution in [0, 0.1) is 5.92 Å². The van der Waals surface area contributed by atoms with Crippen molar-refractivity contribution in [3.63, 3.8) is 0 Å². The number of hydrogen-bond donors (Lipinski definition) is 1. The van der Waals surface area contributed by atoms with Crippen LogP contribution in [0.15, 0.2) is 0 Å². The van der Waals surface area contributed by atoms with Crippen LogP contribution in [0.5, 0.6) is 0 Å². The molecule has 0 aliphatic heterocycles. The molecule has 94 valence electrons. The smallest absolute Gasteiger partial charge is 0.215 e. The molecule has 4 nitrogen and oxygen atoms in total. The Bertz CT molecular complexity index is 334. The molecule has 0 aromatic heterocycles. The fourth-order valence-corrected chi connectivity index (χ4v) is 3.29. The van der Waals surface area contributed by atoms with Crippen LogP contribution in [0.1, 0.15) is 32.6 Å². The summed E-state index contributed by atoms with van der Waals surface area (Å²) in [6.07, 6.45) is 4.77. The van der Waals surface area contributed by atoms with Crippen molar-refractivity contribution in [3.8, 4) is 0 Å². The monoisotopic (exact) mass is 246 g/mol. The van der Waals surface area contributed by atoms with Gasteiger partial charge in [0.1, 0.15) is 0 Å². The van der Waals surface area contributed by atoms with Crippen molar-refractivity contribution in [2.24, 2.45) is 5.92 Å². The van der Waals surface area contributed by atoms with Gasteiger partial charge in [-0.3, -0.25) is 0 Å². The van der Waals surface area contributed by atoms with Crippen molar-refractivity contribution in [1.29, 1.82) is 0 Å². The van der Waals surface area contributed by atoms with Crippen LogP contribution >= 0.6 is 0 Å². The number of sulfonamides is 1. The molecule has 0 aromatic rings. The second-order valence-corrected chi connectivity index (χ2v) is 7.29. The largest absolute Gasteiger partial charge is 0.313 e. The Morgan fingerprint density at radius 3 is 2.44 bits per heavy atom. The molecule has 2 aliphatic carbocycles. The Morgan fingerprint density at radius 2 is 1.94 bits per heavy atom. The van der Waals surface area contributed by atoms with Crippen LogP contribution in [0.3, 0.4) is 0 Å². The third-order valence-corrected chi connectivity index (χ3v) is 5.62. The average molecular weight is 246 g/mol. The van der Waals surface area contributed by atoms with Gasteiger partial charge in [0.2, 0.25) is 10.0 Å². The zero-order valence-electron chi connectivity index (χ0n) is 10.1. The quantitative estimate of drug-likeness (QED) is 0.723. The van der Waals surface area contributed by atoms with E-state index in [2.05, 4.69) is 5.32 Å². The molecular weight excluding hydrogens is 224 g/mol. The summed E-state index contributed by atoms with van der Waals surface area (Å²) in [5, 5.41) is 3.25. The van der Waals surface area contributed by atoms with Gasteiger partial charge in [0.15, 0.2) is 0 Å². The number of hydrogen-bond acceptors (Lipinski definition) is 3. The minimum atomic E-state index is -3.06. The highest BCUT2D eigenvalue weighted by Gasteiger charge is 2.35. The Morgan fingerprint density at radius 1 is 1.31 bits per heavy atom. The predicted octanol–water partition coefficient (Wildman–Crippen LogP) is 0.798. The van der Waals surface area contributed by atoms with E-state index in [0.717, 1.165) is 0 Å².